The largest absolute Gasteiger partial charge is 0.495 e. The molecule has 15 heavy (non-hydrogen) atoms. The Bertz CT molecular complexity index is 417. The number of halogens is 3. The van der Waals surface area contributed by atoms with Gasteiger partial charge in [0.1, 0.15) is 5.75 Å². The molecular formula is C9H6ClF2NO2. The summed E-state index contributed by atoms with van der Waals surface area (Å²) >= 11 is 5.64. The highest BCUT2D eigenvalue weighted by Crippen LogP contribution is 2.34. The predicted octanol–water partition coefficient (Wildman–Crippen LogP) is 2.73. The van der Waals surface area contributed by atoms with E-state index < -0.39 is 11.6 Å². The first-order valence-corrected chi connectivity index (χ1v) is 4.20. The van der Waals surface area contributed by atoms with Gasteiger partial charge in [-0.25, -0.2) is 4.79 Å². The third-order valence-electron chi connectivity index (χ3n) is 1.69. The van der Waals surface area contributed by atoms with Crippen molar-refractivity contribution in [1.82, 2.24) is 0 Å². The molecule has 0 spiro atoms. The van der Waals surface area contributed by atoms with Crippen molar-refractivity contribution in [2.24, 2.45) is 4.99 Å². The summed E-state index contributed by atoms with van der Waals surface area (Å²) in [6, 6.07) is -0.281. The Labute approximate surface area is 89.3 Å². The molecule has 0 saturated heterocycles. The van der Waals surface area contributed by atoms with E-state index in [9.17, 15) is 13.6 Å². The molecule has 1 rings (SSSR count). The summed E-state index contributed by atoms with van der Waals surface area (Å²) in [5.41, 5.74) is -0.489. The second kappa shape index (κ2) is 4.38. The van der Waals surface area contributed by atoms with Crippen molar-refractivity contribution in [3.63, 3.8) is 0 Å². The Hall–Kier alpha value is -1.45. The summed E-state index contributed by atoms with van der Waals surface area (Å²) in [5.74, 6) is 0.270. The molecule has 0 atom stereocenters. The summed E-state index contributed by atoms with van der Waals surface area (Å²) in [6.45, 7) is 0. The molecule has 0 aliphatic heterocycles. The lowest BCUT2D eigenvalue weighted by Gasteiger charge is -2.10. The maximum absolute atomic E-state index is 13.0. The zero-order valence-electron chi connectivity index (χ0n) is 7.63. The summed E-state index contributed by atoms with van der Waals surface area (Å²) < 4.78 is 30.9. The molecule has 0 aliphatic carbocycles. The smallest absolute Gasteiger partial charge is 0.379 e. The molecule has 0 aromatic heterocycles. The minimum absolute atomic E-state index is 0.0239. The molecule has 1 aromatic carbocycles. The van der Waals surface area contributed by atoms with Crippen LogP contribution in [0.3, 0.4) is 0 Å². The third kappa shape index (κ3) is 2.52. The summed E-state index contributed by atoms with van der Waals surface area (Å²) in [5, 5.41) is 0.0239. The lowest BCUT2D eigenvalue weighted by atomic mass is 10.2. The highest BCUT2D eigenvalue weighted by atomic mass is 35.5. The highest BCUT2D eigenvalue weighted by molar-refractivity contribution is 6.32. The number of isocyanates is 1. The number of hydrogen-bond acceptors (Lipinski definition) is 3. The number of benzene rings is 1. The quantitative estimate of drug-likeness (QED) is 0.457. The van der Waals surface area contributed by atoms with E-state index in [-0.39, 0.29) is 10.8 Å². The SMILES string of the molecule is COc1ccc(C(F)(F)N=C=O)cc1Cl. The van der Waals surface area contributed by atoms with Crippen LogP contribution in [0.5, 0.6) is 5.75 Å². The molecule has 1 aromatic rings. The maximum atomic E-state index is 13.0. The third-order valence-corrected chi connectivity index (χ3v) is 1.98. The van der Waals surface area contributed by atoms with Crippen molar-refractivity contribution in [3.8, 4) is 5.75 Å². The lowest BCUT2D eigenvalue weighted by Crippen LogP contribution is -2.09. The Morgan fingerprint density at radius 3 is 2.67 bits per heavy atom. The van der Waals surface area contributed by atoms with Crippen LogP contribution in [0.4, 0.5) is 8.78 Å². The minimum atomic E-state index is -3.61. The molecular weight excluding hydrogens is 228 g/mol. The number of alkyl halides is 2. The van der Waals surface area contributed by atoms with Gasteiger partial charge < -0.3 is 4.74 Å². The number of ether oxygens (including phenoxy) is 1. The van der Waals surface area contributed by atoms with E-state index in [0.29, 0.717) is 0 Å². The minimum Gasteiger partial charge on any atom is -0.495 e. The highest BCUT2D eigenvalue weighted by Gasteiger charge is 2.31. The van der Waals surface area contributed by atoms with Crippen molar-refractivity contribution in [3.05, 3.63) is 28.8 Å². The van der Waals surface area contributed by atoms with Crippen molar-refractivity contribution >= 4 is 17.7 Å². The van der Waals surface area contributed by atoms with Crippen LogP contribution in [0.15, 0.2) is 23.2 Å². The summed E-state index contributed by atoms with van der Waals surface area (Å²) in [7, 11) is 1.36. The Balaban J connectivity index is 3.17. The molecule has 0 aliphatic rings. The van der Waals surface area contributed by atoms with E-state index >= 15 is 0 Å². The molecule has 6 heteroatoms. The first-order chi connectivity index (χ1) is 7.01. The Morgan fingerprint density at radius 2 is 2.20 bits per heavy atom. The van der Waals surface area contributed by atoms with E-state index in [4.69, 9.17) is 16.3 Å². The van der Waals surface area contributed by atoms with Crippen molar-refractivity contribution in [2.45, 2.75) is 6.05 Å². The normalized spacial score (nSPS) is 10.7. The Morgan fingerprint density at radius 1 is 1.53 bits per heavy atom. The molecule has 0 radical (unpaired) electrons. The number of rotatable bonds is 3. The fourth-order valence-electron chi connectivity index (χ4n) is 0.975. The number of aliphatic imine (C=N–C) groups is 1. The van der Waals surface area contributed by atoms with Crippen molar-refractivity contribution in [1.29, 1.82) is 0 Å². The monoisotopic (exact) mass is 233 g/mol. The van der Waals surface area contributed by atoms with Gasteiger partial charge >= 0.3 is 6.05 Å². The molecule has 0 N–H and O–H groups in total. The van der Waals surface area contributed by atoms with E-state index in [0.717, 1.165) is 18.2 Å². The molecule has 0 saturated carbocycles. The van der Waals surface area contributed by atoms with E-state index in [2.05, 4.69) is 4.99 Å². The van der Waals surface area contributed by atoms with Gasteiger partial charge in [-0.05, 0) is 18.2 Å². The molecule has 80 valence electrons. The van der Waals surface area contributed by atoms with Gasteiger partial charge in [-0.15, -0.1) is 4.99 Å². The van der Waals surface area contributed by atoms with Gasteiger partial charge in [0.05, 0.1) is 12.1 Å². The van der Waals surface area contributed by atoms with Gasteiger partial charge in [-0.3, -0.25) is 0 Å². The number of methoxy groups -OCH3 is 1. The molecule has 0 unspecified atom stereocenters. The number of carbonyl (C=O) groups excluding carboxylic acids is 1. The van der Waals surface area contributed by atoms with E-state index in [1.54, 1.807) is 0 Å². The van der Waals surface area contributed by atoms with Gasteiger partial charge in [-0.1, -0.05) is 11.6 Å². The Kier molecular flexibility index (Phi) is 3.39. The van der Waals surface area contributed by atoms with Crippen LogP contribution in [0, 0.1) is 0 Å². The number of hydrogen-bond donors (Lipinski definition) is 0. The summed E-state index contributed by atoms with van der Waals surface area (Å²) in [4.78, 5) is 12.2. The molecule has 0 amide bonds. The van der Waals surface area contributed by atoms with Gasteiger partial charge in [-0.2, -0.15) is 8.78 Å². The average Bonchev–Trinajstić information content (AvgIpc) is 2.17. The van der Waals surface area contributed by atoms with Crippen LogP contribution >= 0.6 is 11.6 Å². The maximum Gasteiger partial charge on any atom is 0.379 e. The van der Waals surface area contributed by atoms with Crippen LogP contribution in [0.25, 0.3) is 0 Å². The molecule has 0 bridgehead atoms. The van der Waals surface area contributed by atoms with Crippen LogP contribution in [0.1, 0.15) is 5.56 Å². The fourth-order valence-corrected chi connectivity index (χ4v) is 1.23. The second-order valence-electron chi connectivity index (χ2n) is 2.59. The first-order valence-electron chi connectivity index (χ1n) is 3.82. The van der Waals surface area contributed by atoms with Gasteiger partial charge in [0, 0.05) is 5.56 Å². The predicted molar refractivity (Wildman–Crippen MR) is 50.0 cm³/mol. The van der Waals surface area contributed by atoms with Crippen LogP contribution in [0.2, 0.25) is 5.02 Å². The topological polar surface area (TPSA) is 38.7 Å². The molecule has 0 fully saturated rings. The van der Waals surface area contributed by atoms with Crippen molar-refractivity contribution in [2.75, 3.05) is 7.11 Å². The first kappa shape index (κ1) is 11.6. The fraction of sp³-hybridized carbons (Fsp3) is 0.222. The van der Waals surface area contributed by atoms with Gasteiger partial charge in [0.2, 0.25) is 6.08 Å². The van der Waals surface area contributed by atoms with E-state index in [1.165, 1.54) is 13.2 Å². The standard InChI is InChI=1S/C9H6ClF2NO2/c1-15-8-3-2-6(4-7(8)10)9(11,12)13-5-14/h2-4H,1H3. The van der Waals surface area contributed by atoms with E-state index in [1.807, 2.05) is 0 Å². The lowest BCUT2D eigenvalue weighted by molar-refractivity contribution is 0.00614. The average molecular weight is 234 g/mol. The molecule has 3 nitrogen and oxygen atoms in total. The number of nitrogens with zero attached hydrogens (tertiary/aromatic N) is 1. The van der Waals surface area contributed by atoms with Crippen LogP contribution < -0.4 is 4.74 Å². The zero-order chi connectivity index (χ0) is 11.5. The summed E-state index contributed by atoms with van der Waals surface area (Å²) in [6.07, 6.45) is 0.805. The zero-order valence-corrected chi connectivity index (χ0v) is 8.39. The van der Waals surface area contributed by atoms with Crippen molar-refractivity contribution < 1.29 is 18.3 Å². The van der Waals surface area contributed by atoms with Gasteiger partial charge in [0.15, 0.2) is 0 Å². The second-order valence-corrected chi connectivity index (χ2v) is 3.00. The van der Waals surface area contributed by atoms with Crippen LogP contribution in [-0.2, 0) is 10.8 Å². The molecule has 0 heterocycles. The van der Waals surface area contributed by atoms with Crippen LogP contribution in [-0.4, -0.2) is 13.2 Å². The van der Waals surface area contributed by atoms with Gasteiger partial charge in [0.25, 0.3) is 0 Å².